The van der Waals surface area contributed by atoms with Gasteiger partial charge in [0.1, 0.15) is 5.01 Å². The number of thioether (sulfide) groups is 1. The van der Waals surface area contributed by atoms with Crippen LogP contribution >= 0.6 is 23.1 Å². The minimum atomic E-state index is 0.365. The number of ether oxygens (including phenoxy) is 1. The van der Waals surface area contributed by atoms with Gasteiger partial charge in [0.05, 0.1) is 24.9 Å². The van der Waals surface area contributed by atoms with Gasteiger partial charge in [-0.2, -0.15) is 0 Å². The Morgan fingerprint density at radius 3 is 3.09 bits per heavy atom. The molecule has 1 atom stereocenters. The molecule has 2 aromatic rings. The van der Waals surface area contributed by atoms with Crippen LogP contribution in [0.3, 0.4) is 0 Å². The summed E-state index contributed by atoms with van der Waals surface area (Å²) in [5.41, 5.74) is 2.09. The van der Waals surface area contributed by atoms with Crippen molar-refractivity contribution in [3.8, 4) is 0 Å². The molecule has 2 aliphatic heterocycles. The number of aromatic nitrogens is 2. The van der Waals surface area contributed by atoms with E-state index in [0.29, 0.717) is 17.5 Å². The van der Waals surface area contributed by atoms with Gasteiger partial charge in [0.25, 0.3) is 0 Å². The van der Waals surface area contributed by atoms with Crippen LogP contribution < -0.4 is 0 Å². The zero-order chi connectivity index (χ0) is 15.7. The standard InChI is InChI=1S/C17H21N3OS2/c1-13-3-2-4-14(19-13)9-21-15-7-17(23-10-15)11-20(12-17)8-16-18-5-6-22-16/h2-6,15H,7-12H2,1H3/t15-/m1/s1. The van der Waals surface area contributed by atoms with Crippen molar-refractivity contribution in [3.05, 3.63) is 46.2 Å². The van der Waals surface area contributed by atoms with Crippen molar-refractivity contribution in [2.75, 3.05) is 18.8 Å². The van der Waals surface area contributed by atoms with Crippen molar-refractivity contribution in [2.45, 2.75) is 37.3 Å². The summed E-state index contributed by atoms with van der Waals surface area (Å²) in [5.74, 6) is 1.11. The number of thiazole rings is 1. The minimum absolute atomic E-state index is 0.365. The van der Waals surface area contributed by atoms with Crippen LogP contribution in [0.4, 0.5) is 0 Å². The zero-order valence-electron chi connectivity index (χ0n) is 13.3. The highest BCUT2D eigenvalue weighted by atomic mass is 32.2. The summed E-state index contributed by atoms with van der Waals surface area (Å²) >= 11 is 3.84. The normalized spacial score (nSPS) is 23.3. The summed E-state index contributed by atoms with van der Waals surface area (Å²) < 4.78 is 6.52. The molecule has 2 aliphatic rings. The predicted molar refractivity (Wildman–Crippen MR) is 94.7 cm³/mol. The predicted octanol–water partition coefficient (Wildman–Crippen LogP) is 3.12. The first-order valence-corrected chi connectivity index (χ1v) is 9.86. The molecule has 0 unspecified atom stereocenters. The van der Waals surface area contributed by atoms with E-state index in [1.807, 2.05) is 31.3 Å². The van der Waals surface area contributed by atoms with Gasteiger partial charge >= 0.3 is 0 Å². The molecule has 4 heterocycles. The van der Waals surface area contributed by atoms with Gasteiger partial charge in [0, 0.05) is 40.9 Å². The first kappa shape index (κ1) is 15.6. The lowest BCUT2D eigenvalue weighted by Gasteiger charge is -2.47. The number of nitrogens with zero attached hydrogens (tertiary/aromatic N) is 3. The van der Waals surface area contributed by atoms with E-state index in [1.54, 1.807) is 11.3 Å². The summed E-state index contributed by atoms with van der Waals surface area (Å²) in [7, 11) is 0. The highest BCUT2D eigenvalue weighted by molar-refractivity contribution is 8.01. The second-order valence-electron chi connectivity index (χ2n) is 6.47. The molecule has 2 fully saturated rings. The Morgan fingerprint density at radius 1 is 1.39 bits per heavy atom. The average molecular weight is 348 g/mol. The highest BCUT2D eigenvalue weighted by Crippen LogP contribution is 2.46. The van der Waals surface area contributed by atoms with Crippen LogP contribution in [0.1, 0.15) is 22.8 Å². The lowest BCUT2D eigenvalue weighted by Crippen LogP contribution is -2.58. The number of hydrogen-bond donors (Lipinski definition) is 0. The number of pyridine rings is 1. The van der Waals surface area contributed by atoms with Crippen LogP contribution in [0.25, 0.3) is 0 Å². The Bertz CT molecular complexity index is 656. The summed E-state index contributed by atoms with van der Waals surface area (Å²) in [4.78, 5) is 11.4. The first-order valence-electron chi connectivity index (χ1n) is 8.00. The van der Waals surface area contributed by atoms with Crippen molar-refractivity contribution in [1.82, 2.24) is 14.9 Å². The van der Waals surface area contributed by atoms with Crippen LogP contribution in [-0.2, 0) is 17.9 Å². The lowest BCUT2D eigenvalue weighted by atomic mass is 9.93. The summed E-state index contributed by atoms with van der Waals surface area (Å²) in [6, 6.07) is 6.12. The zero-order valence-corrected chi connectivity index (χ0v) is 14.9. The van der Waals surface area contributed by atoms with Gasteiger partial charge in [-0.25, -0.2) is 4.98 Å². The van der Waals surface area contributed by atoms with Crippen molar-refractivity contribution in [3.63, 3.8) is 0 Å². The molecule has 23 heavy (non-hydrogen) atoms. The summed E-state index contributed by atoms with van der Waals surface area (Å²) in [6.45, 7) is 5.99. The quantitative estimate of drug-likeness (QED) is 0.831. The molecule has 0 saturated carbocycles. The van der Waals surface area contributed by atoms with E-state index in [2.05, 4.69) is 32.0 Å². The second-order valence-corrected chi connectivity index (χ2v) is 8.94. The van der Waals surface area contributed by atoms with E-state index in [1.165, 1.54) is 18.1 Å². The van der Waals surface area contributed by atoms with E-state index in [4.69, 9.17) is 4.74 Å². The molecular weight excluding hydrogens is 326 g/mol. The van der Waals surface area contributed by atoms with Crippen molar-refractivity contribution < 1.29 is 4.74 Å². The Hall–Kier alpha value is -0.950. The molecule has 4 nitrogen and oxygen atoms in total. The van der Waals surface area contributed by atoms with Crippen LogP contribution in [0.5, 0.6) is 0 Å². The highest BCUT2D eigenvalue weighted by Gasteiger charge is 2.49. The van der Waals surface area contributed by atoms with E-state index >= 15 is 0 Å². The minimum Gasteiger partial charge on any atom is -0.371 e. The number of likely N-dealkylation sites (tertiary alicyclic amines) is 1. The molecule has 0 radical (unpaired) electrons. The third-order valence-corrected chi connectivity index (χ3v) is 6.79. The Kier molecular flexibility index (Phi) is 4.41. The monoisotopic (exact) mass is 347 g/mol. The molecule has 0 amide bonds. The molecule has 4 rings (SSSR count). The Labute approximate surface area is 145 Å². The summed E-state index contributed by atoms with van der Waals surface area (Å²) in [6.07, 6.45) is 3.42. The van der Waals surface area contributed by atoms with E-state index in [-0.39, 0.29) is 0 Å². The third-order valence-electron chi connectivity index (χ3n) is 4.45. The van der Waals surface area contributed by atoms with Gasteiger partial charge in [0.15, 0.2) is 0 Å². The third kappa shape index (κ3) is 3.60. The number of aryl methyl sites for hydroxylation is 1. The molecule has 0 aromatic carbocycles. The summed E-state index contributed by atoms with van der Waals surface area (Å²) in [5, 5.41) is 3.28. The van der Waals surface area contributed by atoms with E-state index < -0.39 is 0 Å². The van der Waals surface area contributed by atoms with Gasteiger partial charge in [-0.1, -0.05) is 6.07 Å². The fraction of sp³-hybridized carbons (Fsp3) is 0.529. The van der Waals surface area contributed by atoms with Crippen LogP contribution in [0.2, 0.25) is 0 Å². The molecule has 6 heteroatoms. The van der Waals surface area contributed by atoms with Crippen molar-refractivity contribution in [2.24, 2.45) is 0 Å². The maximum atomic E-state index is 6.10. The van der Waals surface area contributed by atoms with Crippen LogP contribution in [0.15, 0.2) is 29.8 Å². The molecule has 122 valence electrons. The lowest BCUT2D eigenvalue weighted by molar-refractivity contribution is 0.0250. The van der Waals surface area contributed by atoms with Gasteiger partial charge in [-0.15, -0.1) is 23.1 Å². The number of rotatable bonds is 5. The van der Waals surface area contributed by atoms with Gasteiger partial charge in [-0.3, -0.25) is 9.88 Å². The maximum absolute atomic E-state index is 6.10. The average Bonchev–Trinajstić information content (AvgIpc) is 3.15. The van der Waals surface area contributed by atoms with Gasteiger partial charge in [0.2, 0.25) is 0 Å². The smallest absolute Gasteiger partial charge is 0.107 e. The number of hydrogen-bond acceptors (Lipinski definition) is 6. The molecule has 0 bridgehead atoms. The van der Waals surface area contributed by atoms with Gasteiger partial charge < -0.3 is 4.74 Å². The Balaban J connectivity index is 1.24. The maximum Gasteiger partial charge on any atom is 0.107 e. The molecule has 2 aromatic heterocycles. The Morgan fingerprint density at radius 2 is 2.30 bits per heavy atom. The molecule has 0 N–H and O–H groups in total. The van der Waals surface area contributed by atoms with Crippen molar-refractivity contribution in [1.29, 1.82) is 0 Å². The second kappa shape index (κ2) is 6.51. The van der Waals surface area contributed by atoms with Crippen LogP contribution in [0, 0.1) is 6.92 Å². The first-order chi connectivity index (χ1) is 11.2. The molecule has 2 saturated heterocycles. The van der Waals surface area contributed by atoms with Crippen LogP contribution in [-0.4, -0.2) is 44.6 Å². The fourth-order valence-electron chi connectivity index (χ4n) is 3.42. The molecular formula is C17H21N3OS2. The molecule has 0 aliphatic carbocycles. The largest absolute Gasteiger partial charge is 0.371 e. The fourth-order valence-corrected chi connectivity index (χ4v) is 5.68. The SMILES string of the molecule is Cc1cccc(CO[C@H]2CSC3(C2)CN(Cc2nccs2)C3)n1. The van der Waals surface area contributed by atoms with Gasteiger partial charge in [-0.05, 0) is 25.5 Å². The van der Waals surface area contributed by atoms with E-state index in [0.717, 1.165) is 30.1 Å². The van der Waals surface area contributed by atoms with E-state index in [9.17, 15) is 0 Å². The topological polar surface area (TPSA) is 38.2 Å². The van der Waals surface area contributed by atoms with Crippen molar-refractivity contribution >= 4 is 23.1 Å². The molecule has 1 spiro atoms.